The summed E-state index contributed by atoms with van der Waals surface area (Å²) in [6.07, 6.45) is -1.93. The number of anilines is 1. The van der Waals surface area contributed by atoms with E-state index < -0.39 is 23.4 Å². The van der Waals surface area contributed by atoms with E-state index in [1.807, 2.05) is 54.4 Å². The summed E-state index contributed by atoms with van der Waals surface area (Å²) in [5.41, 5.74) is 1.02. The summed E-state index contributed by atoms with van der Waals surface area (Å²) in [5.74, 6) is 0.689. The lowest BCUT2D eigenvalue weighted by Gasteiger charge is -2.43. The van der Waals surface area contributed by atoms with Crippen molar-refractivity contribution in [1.82, 2.24) is 15.2 Å². The molecule has 0 aliphatic carbocycles. The molecular formula is C31H32F3N5O3. The zero-order valence-corrected chi connectivity index (χ0v) is 23.4. The number of nitrogens with zero attached hydrogens (tertiary/aromatic N) is 4. The summed E-state index contributed by atoms with van der Waals surface area (Å²) in [7, 11) is 3.58. The summed E-state index contributed by atoms with van der Waals surface area (Å²) in [6.45, 7) is 2.29. The number of hydrogen-bond donors (Lipinski definition) is 1. The number of para-hydroxylation sites is 1. The number of alkyl carbamates (subject to hydrolysis) is 1. The van der Waals surface area contributed by atoms with E-state index >= 15 is 0 Å². The van der Waals surface area contributed by atoms with Crippen LogP contribution in [0.25, 0.3) is 11.3 Å². The number of nitrogens with one attached hydrogen (secondary N) is 1. The number of pyridine rings is 1. The lowest BCUT2D eigenvalue weighted by atomic mass is 9.81. The lowest BCUT2D eigenvalue weighted by Crippen LogP contribution is -2.54. The Labute approximate surface area is 242 Å². The minimum absolute atomic E-state index is 0.0436. The van der Waals surface area contributed by atoms with Gasteiger partial charge in [0.25, 0.3) is 0 Å². The molecule has 3 aromatic rings. The van der Waals surface area contributed by atoms with Gasteiger partial charge < -0.3 is 24.6 Å². The third-order valence-electron chi connectivity index (χ3n) is 8.06. The van der Waals surface area contributed by atoms with Crippen LogP contribution in [-0.4, -0.2) is 62.4 Å². The first-order valence-electron chi connectivity index (χ1n) is 13.8. The molecule has 3 heterocycles. The fourth-order valence-corrected chi connectivity index (χ4v) is 5.75. The number of likely N-dealkylation sites (tertiary alicyclic amines) is 1. The summed E-state index contributed by atoms with van der Waals surface area (Å²) in [4.78, 5) is 21.8. The van der Waals surface area contributed by atoms with Crippen LogP contribution < -0.4 is 15.0 Å². The Morgan fingerprint density at radius 1 is 1.12 bits per heavy atom. The van der Waals surface area contributed by atoms with Crippen molar-refractivity contribution in [3.8, 4) is 23.1 Å². The third-order valence-corrected chi connectivity index (χ3v) is 8.06. The third kappa shape index (κ3) is 6.14. The summed E-state index contributed by atoms with van der Waals surface area (Å²) < 4.78 is 51.0. The molecule has 0 radical (unpaired) electrons. The van der Waals surface area contributed by atoms with Crippen LogP contribution in [0.2, 0.25) is 0 Å². The average molecular weight is 580 g/mol. The second kappa shape index (κ2) is 11.9. The van der Waals surface area contributed by atoms with Crippen molar-refractivity contribution in [2.24, 2.45) is 0 Å². The zero-order chi connectivity index (χ0) is 29.9. The molecule has 42 heavy (non-hydrogen) atoms. The van der Waals surface area contributed by atoms with Crippen molar-refractivity contribution in [3.63, 3.8) is 0 Å². The second-order valence-electron chi connectivity index (χ2n) is 10.7. The summed E-state index contributed by atoms with van der Waals surface area (Å²) in [5, 5.41) is 12.7. The van der Waals surface area contributed by atoms with E-state index in [1.165, 1.54) is 6.07 Å². The van der Waals surface area contributed by atoms with Gasteiger partial charge in [0.1, 0.15) is 17.9 Å². The van der Waals surface area contributed by atoms with E-state index in [0.717, 1.165) is 36.2 Å². The molecule has 0 unspecified atom stereocenters. The number of alkyl halides is 3. The number of halogens is 3. The molecule has 1 aromatic heterocycles. The number of rotatable bonds is 6. The SMILES string of the molecule is COc1ccccc1-c1ccc(C2(NC(=O)O[C@@H]3CCN(C)C3)CCN(c3ccc(C(F)(F)F)cc3C#N)CC2)cn1. The smallest absolute Gasteiger partial charge is 0.416 e. The van der Waals surface area contributed by atoms with Crippen molar-refractivity contribution in [3.05, 3.63) is 77.5 Å². The minimum Gasteiger partial charge on any atom is -0.496 e. The predicted molar refractivity (Wildman–Crippen MR) is 151 cm³/mol. The van der Waals surface area contributed by atoms with Crippen molar-refractivity contribution in [2.45, 2.75) is 37.1 Å². The highest BCUT2D eigenvalue weighted by Crippen LogP contribution is 2.38. The van der Waals surface area contributed by atoms with Crippen LogP contribution in [0.3, 0.4) is 0 Å². The number of hydrogen-bond acceptors (Lipinski definition) is 7. The fourth-order valence-electron chi connectivity index (χ4n) is 5.75. The Morgan fingerprint density at radius 3 is 2.50 bits per heavy atom. The van der Waals surface area contributed by atoms with Gasteiger partial charge in [-0.2, -0.15) is 18.4 Å². The van der Waals surface area contributed by atoms with Gasteiger partial charge in [0.05, 0.1) is 35.2 Å². The number of carbonyl (C=O) groups excluding carboxylic acids is 1. The maximum absolute atomic E-state index is 13.2. The number of benzene rings is 2. The highest BCUT2D eigenvalue weighted by molar-refractivity contribution is 5.70. The van der Waals surface area contributed by atoms with Gasteiger partial charge in [0, 0.05) is 37.9 Å². The second-order valence-corrected chi connectivity index (χ2v) is 10.7. The molecule has 0 bridgehead atoms. The number of likely N-dealkylation sites (N-methyl/N-ethyl adjacent to an activating group) is 1. The number of carbonyl (C=O) groups is 1. The first kappa shape index (κ1) is 29.2. The van der Waals surface area contributed by atoms with E-state index in [1.54, 1.807) is 13.3 Å². The Bertz CT molecular complexity index is 1460. The molecule has 2 saturated heterocycles. The Morgan fingerprint density at radius 2 is 1.88 bits per heavy atom. The van der Waals surface area contributed by atoms with E-state index in [2.05, 4.69) is 10.2 Å². The number of amides is 1. The Kier molecular flexibility index (Phi) is 8.27. The minimum atomic E-state index is -4.54. The van der Waals surface area contributed by atoms with Crippen molar-refractivity contribution >= 4 is 11.8 Å². The molecule has 1 amide bonds. The molecule has 11 heteroatoms. The van der Waals surface area contributed by atoms with Gasteiger partial charge in [0.2, 0.25) is 0 Å². The molecule has 0 saturated carbocycles. The molecule has 5 rings (SSSR count). The molecule has 8 nitrogen and oxygen atoms in total. The van der Waals surface area contributed by atoms with Gasteiger partial charge in [-0.05, 0) is 68.3 Å². The van der Waals surface area contributed by atoms with Gasteiger partial charge in [-0.15, -0.1) is 0 Å². The van der Waals surface area contributed by atoms with Gasteiger partial charge in [-0.1, -0.05) is 18.2 Å². The molecule has 2 aromatic carbocycles. The predicted octanol–water partition coefficient (Wildman–Crippen LogP) is 5.57. The number of aromatic nitrogens is 1. The number of methoxy groups -OCH3 is 1. The number of ether oxygens (including phenoxy) is 2. The van der Waals surface area contributed by atoms with E-state index in [9.17, 15) is 23.2 Å². The topological polar surface area (TPSA) is 90.7 Å². The normalized spacial score (nSPS) is 18.8. The molecule has 2 aliphatic rings. The molecule has 1 N–H and O–H groups in total. The average Bonchev–Trinajstić information content (AvgIpc) is 3.40. The molecule has 0 spiro atoms. The number of nitriles is 1. The van der Waals surface area contributed by atoms with Crippen LogP contribution in [0.5, 0.6) is 5.75 Å². The van der Waals surface area contributed by atoms with Crippen LogP contribution in [0.1, 0.15) is 36.0 Å². The molecular weight excluding hydrogens is 547 g/mol. The van der Waals surface area contributed by atoms with Crippen LogP contribution in [0, 0.1) is 11.3 Å². The van der Waals surface area contributed by atoms with Crippen molar-refractivity contribution in [2.75, 3.05) is 45.2 Å². The van der Waals surface area contributed by atoms with Gasteiger partial charge in [-0.25, -0.2) is 4.79 Å². The van der Waals surface area contributed by atoms with Crippen molar-refractivity contribution < 1.29 is 27.4 Å². The van der Waals surface area contributed by atoms with Crippen LogP contribution in [0.15, 0.2) is 60.8 Å². The highest BCUT2D eigenvalue weighted by Gasteiger charge is 2.40. The molecule has 1 atom stereocenters. The van der Waals surface area contributed by atoms with Crippen LogP contribution in [-0.2, 0) is 16.5 Å². The maximum atomic E-state index is 13.2. The largest absolute Gasteiger partial charge is 0.496 e. The number of piperidine rings is 1. The van der Waals surface area contributed by atoms with Gasteiger partial charge in [0.15, 0.2) is 0 Å². The highest BCUT2D eigenvalue weighted by atomic mass is 19.4. The van der Waals surface area contributed by atoms with Crippen molar-refractivity contribution in [1.29, 1.82) is 5.26 Å². The molecule has 2 aliphatic heterocycles. The quantitative estimate of drug-likeness (QED) is 0.408. The van der Waals surface area contributed by atoms with E-state index in [-0.39, 0.29) is 11.7 Å². The van der Waals surface area contributed by atoms with E-state index in [4.69, 9.17) is 14.5 Å². The van der Waals surface area contributed by atoms with Gasteiger partial charge in [-0.3, -0.25) is 4.98 Å². The first-order chi connectivity index (χ1) is 20.1. The zero-order valence-electron chi connectivity index (χ0n) is 23.4. The standard InChI is InChI=1S/C31H32F3N5O3/c1-38-14-11-24(20-38)42-29(40)37-30(23-7-9-26(36-19-23)25-5-3-4-6-28(25)41-2)12-15-39(16-13-30)27-10-8-22(31(32,33)34)17-21(27)18-35/h3-10,17,19,24H,11-16,20H2,1-2H3,(H,37,40)/t24-/m1/s1. The van der Waals surface area contributed by atoms with Gasteiger partial charge >= 0.3 is 12.3 Å². The molecule has 2 fully saturated rings. The first-order valence-corrected chi connectivity index (χ1v) is 13.8. The maximum Gasteiger partial charge on any atom is 0.416 e. The summed E-state index contributed by atoms with van der Waals surface area (Å²) in [6, 6.07) is 16.5. The lowest BCUT2D eigenvalue weighted by molar-refractivity contribution is -0.137. The Hall–Kier alpha value is -4.30. The van der Waals surface area contributed by atoms with E-state index in [0.29, 0.717) is 49.6 Å². The fraction of sp³-hybridized carbons (Fsp3) is 0.387. The molecule has 220 valence electrons. The van der Waals surface area contributed by atoms with Crippen LogP contribution in [0.4, 0.5) is 23.7 Å². The Balaban J connectivity index is 1.41. The monoisotopic (exact) mass is 579 g/mol. The van der Waals surface area contributed by atoms with Crippen LogP contribution >= 0.6 is 0 Å². The summed E-state index contributed by atoms with van der Waals surface area (Å²) >= 11 is 0.